The van der Waals surface area contributed by atoms with Crippen LogP contribution in [0.2, 0.25) is 0 Å². The molecule has 5 heteroatoms. The van der Waals surface area contributed by atoms with Gasteiger partial charge >= 0.3 is 5.97 Å². The molecule has 25 heavy (non-hydrogen) atoms. The lowest BCUT2D eigenvalue weighted by molar-refractivity contribution is -0.148. The maximum atomic E-state index is 12.8. The number of carbonyl (C=O) groups excluding carboxylic acids is 2. The molecule has 138 valence electrons. The van der Waals surface area contributed by atoms with E-state index in [1.807, 2.05) is 26.0 Å². The maximum absolute atomic E-state index is 12.8. The molecule has 0 radical (unpaired) electrons. The van der Waals surface area contributed by atoms with Crippen LogP contribution in [0, 0.1) is 11.8 Å². The zero-order valence-electron chi connectivity index (χ0n) is 15.3. The van der Waals surface area contributed by atoms with Crippen molar-refractivity contribution in [3.63, 3.8) is 0 Å². The number of fused-ring (bicyclic) bond motifs is 2. The van der Waals surface area contributed by atoms with Gasteiger partial charge in [-0.3, -0.25) is 4.79 Å². The molecule has 0 saturated carbocycles. The Kier molecular flexibility index (Phi) is 4.67. The molecule has 0 amide bonds. The average Bonchev–Trinajstić information content (AvgIpc) is 3.07. The number of hydrogen-bond donors (Lipinski definition) is 1. The summed E-state index contributed by atoms with van der Waals surface area (Å²) >= 11 is 0. The molecule has 2 fully saturated rings. The van der Waals surface area contributed by atoms with Crippen molar-refractivity contribution in [2.45, 2.75) is 76.3 Å². The maximum Gasteiger partial charge on any atom is 0.334 e. The molecule has 0 aromatic rings. The number of rotatable bonds is 0. The molecule has 0 aromatic heterocycles. The van der Waals surface area contributed by atoms with Crippen LogP contribution < -0.4 is 0 Å². The minimum Gasteiger partial charge on any atom is -0.450 e. The first-order chi connectivity index (χ1) is 11.6. The van der Waals surface area contributed by atoms with E-state index in [9.17, 15) is 14.7 Å². The van der Waals surface area contributed by atoms with E-state index >= 15 is 0 Å². The first-order valence-corrected chi connectivity index (χ1v) is 9.14. The molecule has 1 N–H and O–H groups in total. The highest BCUT2D eigenvalue weighted by Gasteiger charge is 2.55. The Morgan fingerprint density at radius 3 is 2.76 bits per heavy atom. The third kappa shape index (κ3) is 3.72. The Bertz CT molecular complexity index is 620. The van der Waals surface area contributed by atoms with Gasteiger partial charge in [0.25, 0.3) is 0 Å². The summed E-state index contributed by atoms with van der Waals surface area (Å²) in [6, 6.07) is 0. The van der Waals surface area contributed by atoms with Crippen LogP contribution in [0.25, 0.3) is 0 Å². The monoisotopic (exact) mass is 348 g/mol. The van der Waals surface area contributed by atoms with Crippen LogP contribution in [0.4, 0.5) is 0 Å². The number of aliphatic hydroxyl groups is 1. The Hall–Kier alpha value is -1.46. The fraction of sp³-hybridized carbons (Fsp3) is 0.700. The Morgan fingerprint density at radius 2 is 2.04 bits per heavy atom. The highest BCUT2D eigenvalue weighted by atomic mass is 16.6. The van der Waals surface area contributed by atoms with Crippen LogP contribution in [-0.4, -0.2) is 40.3 Å². The quantitative estimate of drug-likeness (QED) is 0.315. The number of esters is 1. The zero-order valence-corrected chi connectivity index (χ0v) is 15.3. The highest BCUT2D eigenvalue weighted by Crippen LogP contribution is 2.47. The van der Waals surface area contributed by atoms with Gasteiger partial charge in [0.15, 0.2) is 11.9 Å². The van der Waals surface area contributed by atoms with Crippen molar-refractivity contribution < 1.29 is 24.2 Å². The van der Waals surface area contributed by atoms with Crippen molar-refractivity contribution >= 4 is 11.8 Å². The van der Waals surface area contributed by atoms with Crippen molar-refractivity contribution in [2.24, 2.45) is 11.8 Å². The van der Waals surface area contributed by atoms with Gasteiger partial charge in [-0.15, -0.1) is 0 Å². The molecule has 2 aliphatic heterocycles. The first-order valence-electron chi connectivity index (χ1n) is 9.14. The lowest BCUT2D eigenvalue weighted by atomic mass is 9.82. The summed E-state index contributed by atoms with van der Waals surface area (Å²) in [4.78, 5) is 24.8. The van der Waals surface area contributed by atoms with E-state index in [0.29, 0.717) is 31.3 Å². The number of epoxide rings is 1. The predicted octanol–water partition coefficient (Wildman–Crippen LogP) is 2.72. The second-order valence-corrected chi connectivity index (χ2v) is 8.27. The van der Waals surface area contributed by atoms with Crippen LogP contribution in [0.15, 0.2) is 24.3 Å². The van der Waals surface area contributed by atoms with Crippen LogP contribution in [0.3, 0.4) is 0 Å². The van der Waals surface area contributed by atoms with Crippen LogP contribution in [0.1, 0.15) is 52.9 Å². The predicted molar refractivity (Wildman–Crippen MR) is 92.8 cm³/mol. The van der Waals surface area contributed by atoms with Crippen LogP contribution >= 0.6 is 0 Å². The second kappa shape index (κ2) is 6.36. The molecule has 3 rings (SSSR count). The van der Waals surface area contributed by atoms with Gasteiger partial charge in [-0.25, -0.2) is 4.79 Å². The van der Waals surface area contributed by atoms with Crippen molar-refractivity contribution in [1.82, 2.24) is 0 Å². The molecule has 3 aliphatic rings. The molecule has 0 spiro atoms. The molecule has 1 aliphatic carbocycles. The normalized spacial score (nSPS) is 46.6. The van der Waals surface area contributed by atoms with Gasteiger partial charge in [0.2, 0.25) is 0 Å². The highest BCUT2D eigenvalue weighted by molar-refractivity contribution is 5.98. The van der Waals surface area contributed by atoms with Crippen LogP contribution in [-0.2, 0) is 19.1 Å². The topological polar surface area (TPSA) is 76.1 Å². The van der Waals surface area contributed by atoms with E-state index in [4.69, 9.17) is 9.47 Å². The SMILES string of the molecule is C=C1C(=O)O[C@H]2C(=O)[C@H](C)CCC[C@](C)(O)/C=C/C[C@@]3(C)O[C@@H]3C[C@@H]12. The van der Waals surface area contributed by atoms with E-state index in [2.05, 4.69) is 6.58 Å². The smallest absolute Gasteiger partial charge is 0.334 e. The minimum absolute atomic E-state index is 0.0353. The molecule has 0 aromatic carbocycles. The lowest BCUT2D eigenvalue weighted by Gasteiger charge is -2.23. The van der Waals surface area contributed by atoms with E-state index in [1.54, 1.807) is 6.92 Å². The molecular weight excluding hydrogens is 320 g/mol. The van der Waals surface area contributed by atoms with Crippen molar-refractivity contribution in [3.8, 4) is 0 Å². The average molecular weight is 348 g/mol. The van der Waals surface area contributed by atoms with Gasteiger partial charge < -0.3 is 14.6 Å². The number of Topliss-reactive ketones (excluding diaryl/α,β-unsaturated/α-hetero) is 1. The molecular formula is C20H28O5. The van der Waals surface area contributed by atoms with E-state index < -0.39 is 17.7 Å². The Balaban J connectivity index is 1.83. The van der Waals surface area contributed by atoms with E-state index in [1.165, 1.54) is 0 Å². The third-order valence-electron chi connectivity index (χ3n) is 5.90. The Morgan fingerprint density at radius 1 is 1.32 bits per heavy atom. The van der Waals surface area contributed by atoms with E-state index in [-0.39, 0.29) is 29.3 Å². The summed E-state index contributed by atoms with van der Waals surface area (Å²) in [5.74, 6) is -1.04. The van der Waals surface area contributed by atoms with Crippen molar-refractivity contribution in [2.75, 3.05) is 0 Å². The minimum atomic E-state index is -0.885. The molecule has 0 unspecified atom stereocenters. The number of ketones is 1. The molecule has 0 bridgehead atoms. The van der Waals surface area contributed by atoms with E-state index in [0.717, 1.165) is 6.42 Å². The molecule has 6 atom stereocenters. The summed E-state index contributed by atoms with van der Waals surface area (Å²) in [5.41, 5.74) is -0.819. The summed E-state index contributed by atoms with van der Waals surface area (Å²) < 4.78 is 11.2. The van der Waals surface area contributed by atoms with Gasteiger partial charge in [0, 0.05) is 17.4 Å². The lowest BCUT2D eigenvalue weighted by Crippen LogP contribution is -2.33. The number of hydrogen-bond acceptors (Lipinski definition) is 5. The number of ether oxygens (including phenoxy) is 2. The Labute approximate surface area is 149 Å². The summed E-state index contributed by atoms with van der Waals surface area (Å²) in [5, 5.41) is 10.4. The van der Waals surface area contributed by atoms with Crippen molar-refractivity contribution in [1.29, 1.82) is 0 Å². The standard InChI is InChI=1S/C20H28O5/c1-12-7-5-8-19(3,23)9-6-10-20(4)15(25-20)11-14-13(2)18(22)24-17(14)16(12)21/h6,9,12,14-15,17,23H,2,5,7-8,10-11H2,1,3-4H3/b9-6+/t12-,14+,15-,17-,19+,20-/m1/s1. The van der Waals surface area contributed by atoms with Gasteiger partial charge in [-0.05, 0) is 46.0 Å². The van der Waals surface area contributed by atoms with Gasteiger partial charge in [-0.1, -0.05) is 25.7 Å². The summed E-state index contributed by atoms with van der Waals surface area (Å²) in [6.45, 7) is 9.51. The van der Waals surface area contributed by atoms with Gasteiger partial charge in [-0.2, -0.15) is 0 Å². The number of carbonyl (C=O) groups is 2. The third-order valence-corrected chi connectivity index (χ3v) is 5.90. The van der Waals surface area contributed by atoms with Crippen molar-refractivity contribution in [3.05, 3.63) is 24.3 Å². The van der Waals surface area contributed by atoms with Gasteiger partial charge in [0.1, 0.15) is 0 Å². The molecule has 2 heterocycles. The largest absolute Gasteiger partial charge is 0.450 e. The first kappa shape index (κ1) is 18.3. The summed E-state index contributed by atoms with van der Waals surface area (Å²) in [6.07, 6.45) is 6.26. The molecule has 2 saturated heterocycles. The zero-order chi connectivity index (χ0) is 18.4. The fourth-order valence-corrected chi connectivity index (χ4v) is 3.95. The fourth-order valence-electron chi connectivity index (χ4n) is 3.95. The van der Waals surface area contributed by atoms with Crippen LogP contribution in [0.5, 0.6) is 0 Å². The molecule has 5 nitrogen and oxygen atoms in total. The van der Waals surface area contributed by atoms with Gasteiger partial charge in [0.05, 0.1) is 17.3 Å². The second-order valence-electron chi connectivity index (χ2n) is 8.27. The summed E-state index contributed by atoms with van der Waals surface area (Å²) in [7, 11) is 0.